The second kappa shape index (κ2) is 11.1. The molecule has 0 aromatic carbocycles. The molecule has 0 aliphatic carbocycles. The highest BCUT2D eigenvalue weighted by Crippen LogP contribution is 2.14. The van der Waals surface area contributed by atoms with Gasteiger partial charge >= 0.3 is 11.9 Å². The van der Waals surface area contributed by atoms with E-state index in [4.69, 9.17) is 9.47 Å². The second-order valence-electron chi connectivity index (χ2n) is 5.55. The van der Waals surface area contributed by atoms with Crippen LogP contribution < -0.4 is 0 Å². The van der Waals surface area contributed by atoms with Crippen molar-refractivity contribution in [3.05, 3.63) is 24.3 Å². The third kappa shape index (κ3) is 6.70. The van der Waals surface area contributed by atoms with Crippen molar-refractivity contribution in [1.29, 1.82) is 0 Å². The predicted octanol–water partition coefficient (Wildman–Crippen LogP) is 0.674. The molecule has 0 bridgehead atoms. The topological polar surface area (TPSA) is 93.2 Å². The molecule has 0 spiro atoms. The Bertz CT molecular complexity index is 584. The lowest BCUT2D eigenvalue weighted by molar-refractivity contribution is -0.139. The Morgan fingerprint density at radius 3 is 1.88 bits per heavy atom. The molecule has 1 aliphatic heterocycles. The van der Waals surface area contributed by atoms with Gasteiger partial charge in [0.1, 0.15) is 0 Å². The van der Waals surface area contributed by atoms with Crippen LogP contribution in [0.5, 0.6) is 0 Å². The smallest absolute Gasteiger partial charge is 0.330 e. The number of hydrogen-bond acceptors (Lipinski definition) is 6. The molecule has 1 aliphatic rings. The van der Waals surface area contributed by atoms with Crippen molar-refractivity contribution in [1.82, 2.24) is 9.80 Å². The fraction of sp³-hybridized carbons (Fsp3) is 0.556. The molecule has 1 atom stereocenters. The first kappa shape index (κ1) is 21.4. The number of ether oxygens (including phenoxy) is 2. The summed E-state index contributed by atoms with van der Waals surface area (Å²) in [4.78, 5) is 50.3. The molecule has 0 aromatic heterocycles. The van der Waals surface area contributed by atoms with Crippen LogP contribution in [0.1, 0.15) is 27.2 Å². The minimum atomic E-state index is -0.564. The van der Waals surface area contributed by atoms with E-state index in [1.165, 1.54) is 12.2 Å². The normalized spacial score (nSPS) is 17.6. The van der Waals surface area contributed by atoms with Gasteiger partial charge in [0.2, 0.25) is 11.8 Å². The third-order valence-electron chi connectivity index (χ3n) is 3.85. The monoisotopic (exact) mass is 366 g/mol. The molecule has 1 unspecified atom stereocenters. The maximum atomic E-state index is 12.3. The van der Waals surface area contributed by atoms with Gasteiger partial charge in [-0.1, -0.05) is 6.92 Å². The van der Waals surface area contributed by atoms with Gasteiger partial charge in [0.15, 0.2) is 0 Å². The molecular formula is C18H26N2O6. The minimum Gasteiger partial charge on any atom is -0.463 e. The first-order chi connectivity index (χ1) is 12.4. The van der Waals surface area contributed by atoms with Gasteiger partial charge in [-0.05, 0) is 20.3 Å². The molecule has 1 rings (SSSR count). The number of carbonyl (C=O) groups excluding carboxylic acids is 4. The molecule has 0 aromatic rings. The molecule has 144 valence electrons. The van der Waals surface area contributed by atoms with Crippen LogP contribution in [0.3, 0.4) is 0 Å². The summed E-state index contributed by atoms with van der Waals surface area (Å²) in [6.07, 6.45) is 5.25. The number of amides is 2. The summed E-state index contributed by atoms with van der Waals surface area (Å²) in [6, 6.07) is -0.164. The van der Waals surface area contributed by atoms with E-state index < -0.39 is 11.9 Å². The van der Waals surface area contributed by atoms with Crippen molar-refractivity contribution in [2.24, 2.45) is 0 Å². The van der Waals surface area contributed by atoms with Gasteiger partial charge in [-0.25, -0.2) is 9.59 Å². The van der Waals surface area contributed by atoms with Gasteiger partial charge in [-0.15, -0.1) is 0 Å². The summed E-state index contributed by atoms with van der Waals surface area (Å²) >= 11 is 0. The molecule has 0 saturated carbocycles. The highest BCUT2D eigenvalue weighted by molar-refractivity contribution is 5.96. The van der Waals surface area contributed by atoms with Crippen molar-refractivity contribution in [3.63, 3.8) is 0 Å². The summed E-state index contributed by atoms with van der Waals surface area (Å²) in [5.74, 6) is -1.72. The van der Waals surface area contributed by atoms with Crippen molar-refractivity contribution >= 4 is 23.8 Å². The van der Waals surface area contributed by atoms with Crippen molar-refractivity contribution in [2.45, 2.75) is 33.2 Å². The summed E-state index contributed by atoms with van der Waals surface area (Å²) in [5, 5.41) is 0. The maximum absolute atomic E-state index is 12.3. The van der Waals surface area contributed by atoms with Gasteiger partial charge < -0.3 is 19.3 Å². The van der Waals surface area contributed by atoms with Gasteiger partial charge in [0, 0.05) is 50.0 Å². The van der Waals surface area contributed by atoms with E-state index in [-0.39, 0.29) is 31.1 Å². The van der Waals surface area contributed by atoms with Crippen LogP contribution in [-0.2, 0) is 28.7 Å². The molecule has 26 heavy (non-hydrogen) atoms. The number of nitrogens with zero attached hydrogens (tertiary/aromatic N) is 2. The van der Waals surface area contributed by atoms with E-state index in [1.54, 1.807) is 23.6 Å². The van der Waals surface area contributed by atoms with Gasteiger partial charge in [-0.2, -0.15) is 0 Å². The molecule has 8 nitrogen and oxygen atoms in total. The Balaban J connectivity index is 2.65. The molecule has 0 N–H and O–H groups in total. The number of piperazine rings is 1. The van der Waals surface area contributed by atoms with Gasteiger partial charge in [-0.3, -0.25) is 9.59 Å². The Morgan fingerprint density at radius 1 is 0.846 bits per heavy atom. The SMILES string of the molecule is CCOC(=O)/C=C\C(=O)N1CCN(C(=O)/C=C\C(=O)OCC)C(CC)C1. The van der Waals surface area contributed by atoms with Crippen LogP contribution >= 0.6 is 0 Å². The minimum absolute atomic E-state index is 0.164. The van der Waals surface area contributed by atoms with E-state index in [2.05, 4.69) is 0 Å². The lowest BCUT2D eigenvalue weighted by Gasteiger charge is -2.40. The predicted molar refractivity (Wildman–Crippen MR) is 93.9 cm³/mol. The Morgan fingerprint density at radius 2 is 1.38 bits per heavy atom. The standard InChI is InChI=1S/C18H26N2O6/c1-4-14-13-19(15(21)7-9-17(23)25-5-2)11-12-20(14)16(22)8-10-18(24)26-6-3/h7-10,14H,4-6,11-13H2,1-3H3/b9-7-,10-8-. The van der Waals surface area contributed by atoms with Crippen LogP contribution in [0.25, 0.3) is 0 Å². The average Bonchev–Trinajstić information content (AvgIpc) is 2.64. The number of esters is 2. The quantitative estimate of drug-likeness (QED) is 0.486. The maximum Gasteiger partial charge on any atom is 0.330 e. The third-order valence-corrected chi connectivity index (χ3v) is 3.85. The summed E-state index contributed by atoms with van der Waals surface area (Å²) in [5.41, 5.74) is 0. The molecule has 2 amide bonds. The zero-order valence-corrected chi connectivity index (χ0v) is 15.5. The zero-order chi connectivity index (χ0) is 19.5. The molecule has 8 heteroatoms. The summed E-state index contributed by atoms with van der Waals surface area (Å²) < 4.78 is 9.49. The molecule has 1 fully saturated rings. The van der Waals surface area contributed by atoms with Crippen LogP contribution in [0.2, 0.25) is 0 Å². The fourth-order valence-corrected chi connectivity index (χ4v) is 2.56. The van der Waals surface area contributed by atoms with E-state index in [0.717, 1.165) is 12.2 Å². The fourth-order valence-electron chi connectivity index (χ4n) is 2.56. The van der Waals surface area contributed by atoms with Crippen LogP contribution in [-0.4, -0.2) is 72.4 Å². The van der Waals surface area contributed by atoms with Gasteiger partial charge in [0.25, 0.3) is 0 Å². The van der Waals surface area contributed by atoms with E-state index in [1.807, 2.05) is 6.92 Å². The van der Waals surface area contributed by atoms with Crippen molar-refractivity contribution in [3.8, 4) is 0 Å². The Kier molecular flexibility index (Phi) is 9.11. The summed E-state index contributed by atoms with van der Waals surface area (Å²) in [6.45, 7) is 6.85. The zero-order valence-electron chi connectivity index (χ0n) is 15.5. The van der Waals surface area contributed by atoms with E-state index >= 15 is 0 Å². The van der Waals surface area contributed by atoms with Crippen LogP contribution in [0.15, 0.2) is 24.3 Å². The lowest BCUT2D eigenvalue weighted by Crippen LogP contribution is -2.55. The van der Waals surface area contributed by atoms with Crippen LogP contribution in [0.4, 0.5) is 0 Å². The highest BCUT2D eigenvalue weighted by atomic mass is 16.5. The van der Waals surface area contributed by atoms with Crippen molar-refractivity contribution < 1.29 is 28.7 Å². The molecule has 1 heterocycles. The van der Waals surface area contributed by atoms with Gasteiger partial charge in [0.05, 0.1) is 13.2 Å². The Labute approximate surface area is 153 Å². The average molecular weight is 366 g/mol. The number of rotatable bonds is 7. The molecule has 0 radical (unpaired) electrons. The van der Waals surface area contributed by atoms with E-state index in [9.17, 15) is 19.2 Å². The number of carbonyl (C=O) groups is 4. The van der Waals surface area contributed by atoms with Crippen molar-refractivity contribution in [2.75, 3.05) is 32.8 Å². The first-order valence-corrected chi connectivity index (χ1v) is 8.72. The number of hydrogen-bond donors (Lipinski definition) is 0. The first-order valence-electron chi connectivity index (χ1n) is 8.72. The molecule has 1 saturated heterocycles. The second-order valence-corrected chi connectivity index (χ2v) is 5.55. The van der Waals surface area contributed by atoms with E-state index in [0.29, 0.717) is 26.1 Å². The lowest BCUT2D eigenvalue weighted by atomic mass is 10.1. The highest BCUT2D eigenvalue weighted by Gasteiger charge is 2.29. The Hall–Kier alpha value is -2.64. The summed E-state index contributed by atoms with van der Waals surface area (Å²) in [7, 11) is 0. The largest absolute Gasteiger partial charge is 0.463 e. The molecular weight excluding hydrogens is 340 g/mol. The van der Waals surface area contributed by atoms with Crippen LogP contribution in [0, 0.1) is 0 Å².